The zero-order valence-electron chi connectivity index (χ0n) is 15.5. The van der Waals surface area contributed by atoms with E-state index in [0.717, 1.165) is 29.9 Å². The minimum Gasteiger partial charge on any atom is -0.493 e. The first-order valence-electron chi connectivity index (χ1n) is 8.57. The Labute approximate surface area is 150 Å². The van der Waals surface area contributed by atoms with Crippen molar-refractivity contribution in [2.45, 2.75) is 33.1 Å². The Hall–Kier alpha value is -2.49. The fourth-order valence-electron chi connectivity index (χ4n) is 2.84. The summed E-state index contributed by atoms with van der Waals surface area (Å²) in [5, 5.41) is 3.00. The molecular weight excluding hydrogens is 314 g/mol. The van der Waals surface area contributed by atoms with E-state index in [1.807, 2.05) is 37.3 Å². The third-order valence-corrected chi connectivity index (χ3v) is 4.26. The van der Waals surface area contributed by atoms with Crippen molar-refractivity contribution in [2.24, 2.45) is 0 Å². The van der Waals surface area contributed by atoms with E-state index in [1.165, 1.54) is 16.7 Å². The highest BCUT2D eigenvalue weighted by molar-refractivity contribution is 5.78. The lowest BCUT2D eigenvalue weighted by Crippen LogP contribution is -2.26. The molecule has 0 heterocycles. The van der Waals surface area contributed by atoms with E-state index < -0.39 is 0 Å². The Bertz CT molecular complexity index is 725. The summed E-state index contributed by atoms with van der Waals surface area (Å²) in [7, 11) is 3.26. The molecule has 4 nitrogen and oxygen atoms in total. The minimum absolute atomic E-state index is 0.0688. The van der Waals surface area contributed by atoms with Crippen LogP contribution in [0.5, 0.6) is 11.5 Å². The smallest absolute Gasteiger partial charge is 0.224 e. The molecule has 0 aliphatic rings. The van der Waals surface area contributed by atoms with Gasteiger partial charge in [0.15, 0.2) is 11.5 Å². The molecular formula is C21H27NO3. The van der Waals surface area contributed by atoms with E-state index in [4.69, 9.17) is 9.47 Å². The molecule has 0 aromatic heterocycles. The number of benzene rings is 2. The molecule has 0 unspecified atom stereocenters. The van der Waals surface area contributed by atoms with Gasteiger partial charge in [0, 0.05) is 6.54 Å². The molecule has 2 aromatic rings. The van der Waals surface area contributed by atoms with Gasteiger partial charge >= 0.3 is 0 Å². The first kappa shape index (κ1) is 18.8. The number of aryl methyl sites for hydroxylation is 3. The van der Waals surface area contributed by atoms with Crippen molar-refractivity contribution in [3.63, 3.8) is 0 Å². The fourth-order valence-corrected chi connectivity index (χ4v) is 2.84. The van der Waals surface area contributed by atoms with Crippen molar-refractivity contribution in [3.8, 4) is 11.5 Å². The molecule has 0 saturated carbocycles. The van der Waals surface area contributed by atoms with Crippen molar-refractivity contribution in [1.82, 2.24) is 5.32 Å². The molecule has 0 radical (unpaired) electrons. The van der Waals surface area contributed by atoms with Gasteiger partial charge < -0.3 is 14.8 Å². The second-order valence-electron chi connectivity index (χ2n) is 6.25. The maximum Gasteiger partial charge on any atom is 0.224 e. The maximum atomic E-state index is 12.1. The average molecular weight is 341 g/mol. The van der Waals surface area contributed by atoms with Crippen LogP contribution in [0.3, 0.4) is 0 Å². The van der Waals surface area contributed by atoms with Gasteiger partial charge in [-0.05, 0) is 55.5 Å². The summed E-state index contributed by atoms with van der Waals surface area (Å²) in [6, 6.07) is 12.1. The van der Waals surface area contributed by atoms with Crippen LogP contribution in [0.1, 0.15) is 28.7 Å². The number of carbonyl (C=O) groups is 1. The molecule has 0 fully saturated rings. The van der Waals surface area contributed by atoms with Gasteiger partial charge in [0.2, 0.25) is 5.91 Å². The fraction of sp³-hybridized carbons (Fsp3) is 0.381. The number of ether oxygens (including phenoxy) is 2. The van der Waals surface area contributed by atoms with Crippen molar-refractivity contribution >= 4 is 5.91 Å². The van der Waals surface area contributed by atoms with Gasteiger partial charge in [-0.1, -0.05) is 29.8 Å². The molecule has 2 aromatic carbocycles. The highest BCUT2D eigenvalue weighted by Gasteiger charge is 2.07. The van der Waals surface area contributed by atoms with Gasteiger partial charge in [-0.25, -0.2) is 0 Å². The molecule has 0 aliphatic heterocycles. The van der Waals surface area contributed by atoms with E-state index in [2.05, 4.69) is 18.3 Å². The van der Waals surface area contributed by atoms with Crippen LogP contribution in [-0.2, 0) is 17.6 Å². The molecule has 134 valence electrons. The molecule has 25 heavy (non-hydrogen) atoms. The van der Waals surface area contributed by atoms with Gasteiger partial charge in [0.25, 0.3) is 0 Å². The van der Waals surface area contributed by atoms with Crippen molar-refractivity contribution in [3.05, 3.63) is 58.7 Å². The van der Waals surface area contributed by atoms with Crippen LogP contribution < -0.4 is 14.8 Å². The van der Waals surface area contributed by atoms with Crippen molar-refractivity contribution < 1.29 is 14.3 Å². The topological polar surface area (TPSA) is 47.6 Å². The number of carbonyl (C=O) groups excluding carboxylic acids is 1. The van der Waals surface area contributed by atoms with E-state index in [9.17, 15) is 4.79 Å². The number of rotatable bonds is 8. The van der Waals surface area contributed by atoms with Crippen LogP contribution in [0.4, 0.5) is 0 Å². The molecule has 1 amide bonds. The lowest BCUT2D eigenvalue weighted by molar-refractivity contribution is -0.120. The molecule has 0 atom stereocenters. The number of hydrogen-bond acceptors (Lipinski definition) is 3. The third kappa shape index (κ3) is 5.52. The van der Waals surface area contributed by atoms with E-state index in [-0.39, 0.29) is 5.91 Å². The predicted molar refractivity (Wildman–Crippen MR) is 100 cm³/mol. The van der Waals surface area contributed by atoms with Crippen molar-refractivity contribution in [1.29, 1.82) is 0 Å². The molecule has 0 saturated heterocycles. The number of hydrogen-bond donors (Lipinski definition) is 1. The van der Waals surface area contributed by atoms with Gasteiger partial charge in [-0.3, -0.25) is 4.79 Å². The predicted octanol–water partition coefficient (Wildman–Crippen LogP) is 3.61. The maximum absolute atomic E-state index is 12.1. The zero-order chi connectivity index (χ0) is 18.2. The van der Waals surface area contributed by atoms with Crippen LogP contribution in [0.15, 0.2) is 36.4 Å². The Kier molecular flexibility index (Phi) is 6.87. The first-order valence-corrected chi connectivity index (χ1v) is 8.57. The summed E-state index contributed by atoms with van der Waals surface area (Å²) in [6.45, 7) is 4.77. The van der Waals surface area contributed by atoms with Crippen LogP contribution in [-0.4, -0.2) is 26.7 Å². The van der Waals surface area contributed by atoms with Gasteiger partial charge in [-0.15, -0.1) is 0 Å². The quantitative estimate of drug-likeness (QED) is 0.746. The van der Waals surface area contributed by atoms with E-state index in [0.29, 0.717) is 13.0 Å². The Morgan fingerprint density at radius 2 is 1.76 bits per heavy atom. The largest absolute Gasteiger partial charge is 0.493 e. The molecule has 1 N–H and O–H groups in total. The summed E-state index contributed by atoms with van der Waals surface area (Å²) in [4.78, 5) is 12.1. The lowest BCUT2D eigenvalue weighted by atomic mass is 10.0. The van der Waals surface area contributed by atoms with Gasteiger partial charge in [0.05, 0.1) is 20.6 Å². The summed E-state index contributed by atoms with van der Waals surface area (Å²) in [6.07, 6.45) is 2.20. The highest BCUT2D eigenvalue weighted by atomic mass is 16.5. The Morgan fingerprint density at radius 1 is 1.00 bits per heavy atom. The number of methoxy groups -OCH3 is 2. The van der Waals surface area contributed by atoms with Crippen LogP contribution in [0.25, 0.3) is 0 Å². The first-order chi connectivity index (χ1) is 12.0. The van der Waals surface area contributed by atoms with E-state index in [1.54, 1.807) is 14.2 Å². The second kappa shape index (κ2) is 9.11. The van der Waals surface area contributed by atoms with Gasteiger partial charge in [0.1, 0.15) is 0 Å². The summed E-state index contributed by atoms with van der Waals surface area (Å²) in [5.74, 6) is 1.53. The molecule has 4 heteroatoms. The monoisotopic (exact) mass is 341 g/mol. The molecule has 0 aliphatic carbocycles. The van der Waals surface area contributed by atoms with Crippen LogP contribution in [0.2, 0.25) is 0 Å². The molecule has 0 bridgehead atoms. The Balaban J connectivity index is 1.78. The molecule has 2 rings (SSSR count). The van der Waals surface area contributed by atoms with Crippen LogP contribution in [0, 0.1) is 13.8 Å². The standard InChI is InChI=1S/C21H27NO3/c1-15-7-9-18(16(2)12-15)14-21(23)22-11-5-6-17-8-10-19(24-3)20(13-17)25-4/h7-10,12-13H,5-6,11,14H2,1-4H3,(H,22,23). The Morgan fingerprint density at radius 3 is 2.44 bits per heavy atom. The van der Waals surface area contributed by atoms with E-state index >= 15 is 0 Å². The summed E-state index contributed by atoms with van der Waals surface area (Å²) in [5.41, 5.74) is 4.64. The number of amides is 1. The van der Waals surface area contributed by atoms with Gasteiger partial charge in [-0.2, -0.15) is 0 Å². The lowest BCUT2D eigenvalue weighted by Gasteiger charge is -2.10. The van der Waals surface area contributed by atoms with Crippen LogP contribution >= 0.6 is 0 Å². The minimum atomic E-state index is 0.0688. The summed E-state index contributed by atoms with van der Waals surface area (Å²) < 4.78 is 10.6. The third-order valence-electron chi connectivity index (χ3n) is 4.26. The molecule has 0 spiro atoms. The number of nitrogens with one attached hydrogen (secondary N) is 1. The zero-order valence-corrected chi connectivity index (χ0v) is 15.5. The highest BCUT2D eigenvalue weighted by Crippen LogP contribution is 2.27. The SMILES string of the molecule is COc1ccc(CCCNC(=O)Cc2ccc(C)cc2C)cc1OC. The van der Waals surface area contributed by atoms with Crippen molar-refractivity contribution in [2.75, 3.05) is 20.8 Å². The normalized spacial score (nSPS) is 10.4. The summed E-state index contributed by atoms with van der Waals surface area (Å²) >= 11 is 0. The second-order valence-corrected chi connectivity index (χ2v) is 6.25. The average Bonchev–Trinajstić information content (AvgIpc) is 2.61.